The SMILES string of the molecule is CNc1nccn1-c1cc(F)cc(F)c1F. The number of halogens is 3. The Bertz CT molecular complexity index is 522. The number of anilines is 1. The molecule has 0 atom stereocenters. The molecule has 1 heterocycles. The second-order valence-electron chi connectivity index (χ2n) is 3.09. The average molecular weight is 227 g/mol. The van der Waals surface area contributed by atoms with Gasteiger partial charge in [-0.1, -0.05) is 0 Å². The normalized spacial score (nSPS) is 10.5. The predicted molar refractivity (Wildman–Crippen MR) is 53.0 cm³/mol. The fraction of sp³-hybridized carbons (Fsp3) is 0.100. The molecule has 0 radical (unpaired) electrons. The number of hydrogen-bond donors (Lipinski definition) is 1. The van der Waals surface area contributed by atoms with Crippen LogP contribution in [0.2, 0.25) is 0 Å². The van der Waals surface area contributed by atoms with Crippen molar-refractivity contribution in [2.75, 3.05) is 12.4 Å². The summed E-state index contributed by atoms with van der Waals surface area (Å²) in [6, 6.07) is 1.40. The first-order valence-electron chi connectivity index (χ1n) is 4.49. The van der Waals surface area contributed by atoms with Crippen LogP contribution in [0, 0.1) is 17.5 Å². The lowest BCUT2D eigenvalue weighted by atomic mass is 10.3. The van der Waals surface area contributed by atoms with E-state index in [9.17, 15) is 13.2 Å². The number of aromatic nitrogens is 2. The molecule has 1 aromatic heterocycles. The molecule has 1 aromatic carbocycles. The molecule has 0 saturated carbocycles. The summed E-state index contributed by atoms with van der Waals surface area (Å²) in [4.78, 5) is 3.85. The minimum Gasteiger partial charge on any atom is -0.358 e. The zero-order valence-corrected chi connectivity index (χ0v) is 8.34. The van der Waals surface area contributed by atoms with Crippen molar-refractivity contribution >= 4 is 5.95 Å². The standard InChI is InChI=1S/C10H8F3N3/c1-14-10-15-2-3-16(10)8-5-6(11)4-7(12)9(8)13/h2-5H,1H3,(H,14,15). The predicted octanol–water partition coefficient (Wildman–Crippen LogP) is 2.33. The van der Waals surface area contributed by atoms with Gasteiger partial charge in [-0.3, -0.25) is 4.57 Å². The van der Waals surface area contributed by atoms with Crippen molar-refractivity contribution in [3.05, 3.63) is 42.0 Å². The van der Waals surface area contributed by atoms with Crippen LogP contribution < -0.4 is 5.32 Å². The Hall–Kier alpha value is -1.98. The lowest BCUT2D eigenvalue weighted by Gasteiger charge is -2.08. The quantitative estimate of drug-likeness (QED) is 0.798. The Labute approximate surface area is 89.5 Å². The van der Waals surface area contributed by atoms with Crippen LogP contribution >= 0.6 is 0 Å². The van der Waals surface area contributed by atoms with Crippen molar-refractivity contribution in [1.29, 1.82) is 0 Å². The Kier molecular flexibility index (Phi) is 2.55. The van der Waals surface area contributed by atoms with E-state index in [0.29, 0.717) is 12.0 Å². The van der Waals surface area contributed by atoms with Gasteiger partial charge in [0, 0.05) is 31.6 Å². The molecule has 2 aromatic rings. The molecule has 1 N–H and O–H groups in total. The zero-order chi connectivity index (χ0) is 11.7. The van der Waals surface area contributed by atoms with Crippen LogP contribution in [0.3, 0.4) is 0 Å². The Balaban J connectivity index is 2.64. The van der Waals surface area contributed by atoms with Gasteiger partial charge in [0.25, 0.3) is 0 Å². The Morgan fingerprint density at radius 1 is 1.25 bits per heavy atom. The molecule has 0 aliphatic carbocycles. The summed E-state index contributed by atoms with van der Waals surface area (Å²) in [5.74, 6) is -2.89. The molecule has 0 aliphatic rings. The van der Waals surface area contributed by atoms with E-state index >= 15 is 0 Å². The van der Waals surface area contributed by atoms with E-state index in [1.54, 1.807) is 7.05 Å². The van der Waals surface area contributed by atoms with E-state index in [1.807, 2.05) is 0 Å². The smallest absolute Gasteiger partial charge is 0.207 e. The van der Waals surface area contributed by atoms with Gasteiger partial charge in [-0.25, -0.2) is 18.2 Å². The highest BCUT2D eigenvalue weighted by molar-refractivity contribution is 5.43. The number of rotatable bonds is 2. The molecule has 16 heavy (non-hydrogen) atoms. The van der Waals surface area contributed by atoms with Crippen LogP contribution in [0.15, 0.2) is 24.5 Å². The maximum absolute atomic E-state index is 13.4. The number of hydrogen-bond acceptors (Lipinski definition) is 2. The van der Waals surface area contributed by atoms with E-state index in [4.69, 9.17) is 0 Å². The van der Waals surface area contributed by atoms with Gasteiger partial charge >= 0.3 is 0 Å². The highest BCUT2D eigenvalue weighted by Crippen LogP contribution is 2.21. The molecule has 0 aliphatic heterocycles. The summed E-state index contributed by atoms with van der Waals surface area (Å²) in [5, 5.41) is 2.68. The minimum absolute atomic E-state index is 0.223. The van der Waals surface area contributed by atoms with E-state index in [0.717, 1.165) is 6.07 Å². The molecule has 0 fully saturated rings. The van der Waals surface area contributed by atoms with Crippen LogP contribution in [0.1, 0.15) is 0 Å². The third-order valence-corrected chi connectivity index (χ3v) is 2.10. The lowest BCUT2D eigenvalue weighted by Crippen LogP contribution is -2.04. The molecule has 0 saturated heterocycles. The van der Waals surface area contributed by atoms with Crippen molar-refractivity contribution < 1.29 is 13.2 Å². The third kappa shape index (κ3) is 1.62. The topological polar surface area (TPSA) is 29.9 Å². The van der Waals surface area contributed by atoms with Crippen LogP contribution in [0.5, 0.6) is 0 Å². The Morgan fingerprint density at radius 3 is 2.69 bits per heavy atom. The molecule has 84 valence electrons. The highest BCUT2D eigenvalue weighted by atomic mass is 19.2. The second kappa shape index (κ2) is 3.88. The van der Waals surface area contributed by atoms with Crippen molar-refractivity contribution in [3.8, 4) is 5.69 Å². The van der Waals surface area contributed by atoms with Gasteiger partial charge in [-0.2, -0.15) is 0 Å². The van der Waals surface area contributed by atoms with Crippen LogP contribution in [0.25, 0.3) is 5.69 Å². The Morgan fingerprint density at radius 2 is 2.00 bits per heavy atom. The van der Waals surface area contributed by atoms with Crippen molar-refractivity contribution in [3.63, 3.8) is 0 Å². The first-order chi connectivity index (χ1) is 7.63. The molecule has 2 rings (SSSR count). The minimum atomic E-state index is -1.23. The maximum atomic E-state index is 13.4. The van der Waals surface area contributed by atoms with Crippen LogP contribution in [0.4, 0.5) is 19.1 Å². The number of nitrogens with one attached hydrogen (secondary N) is 1. The largest absolute Gasteiger partial charge is 0.358 e. The molecule has 6 heteroatoms. The lowest BCUT2D eigenvalue weighted by molar-refractivity contribution is 0.491. The van der Waals surface area contributed by atoms with E-state index < -0.39 is 17.5 Å². The molecule has 0 bridgehead atoms. The van der Waals surface area contributed by atoms with E-state index in [-0.39, 0.29) is 5.69 Å². The van der Waals surface area contributed by atoms with Crippen LogP contribution in [-0.2, 0) is 0 Å². The van der Waals surface area contributed by atoms with Gasteiger partial charge in [0.1, 0.15) is 5.82 Å². The van der Waals surface area contributed by atoms with Crippen molar-refractivity contribution in [2.45, 2.75) is 0 Å². The number of nitrogens with zero attached hydrogens (tertiary/aromatic N) is 2. The fourth-order valence-corrected chi connectivity index (χ4v) is 1.40. The first kappa shape index (κ1) is 10.5. The van der Waals surface area contributed by atoms with E-state index in [1.165, 1.54) is 17.0 Å². The van der Waals surface area contributed by atoms with Gasteiger partial charge in [-0.15, -0.1) is 0 Å². The molecular formula is C10H8F3N3. The van der Waals surface area contributed by atoms with Gasteiger partial charge in [0.2, 0.25) is 5.95 Å². The number of imidazole rings is 1. The summed E-state index contributed by atoms with van der Waals surface area (Å²) in [5.41, 5.74) is -0.223. The van der Waals surface area contributed by atoms with Gasteiger partial charge in [0.05, 0.1) is 5.69 Å². The highest BCUT2D eigenvalue weighted by Gasteiger charge is 2.14. The average Bonchev–Trinajstić information content (AvgIpc) is 2.71. The van der Waals surface area contributed by atoms with Crippen molar-refractivity contribution in [2.24, 2.45) is 0 Å². The maximum Gasteiger partial charge on any atom is 0.207 e. The summed E-state index contributed by atoms with van der Waals surface area (Å²) in [6.45, 7) is 0. The third-order valence-electron chi connectivity index (χ3n) is 2.10. The van der Waals surface area contributed by atoms with Crippen molar-refractivity contribution in [1.82, 2.24) is 9.55 Å². The monoisotopic (exact) mass is 227 g/mol. The summed E-state index contributed by atoms with van der Waals surface area (Å²) in [7, 11) is 1.58. The summed E-state index contributed by atoms with van der Waals surface area (Å²) >= 11 is 0. The van der Waals surface area contributed by atoms with Gasteiger partial charge in [-0.05, 0) is 0 Å². The molecule has 3 nitrogen and oxygen atoms in total. The summed E-state index contributed by atoms with van der Waals surface area (Å²) in [6.07, 6.45) is 2.80. The molecule has 0 unspecified atom stereocenters. The first-order valence-corrected chi connectivity index (χ1v) is 4.49. The molecular weight excluding hydrogens is 219 g/mol. The fourth-order valence-electron chi connectivity index (χ4n) is 1.40. The van der Waals surface area contributed by atoms with E-state index in [2.05, 4.69) is 10.3 Å². The molecule has 0 amide bonds. The molecule has 0 spiro atoms. The number of benzene rings is 1. The zero-order valence-electron chi connectivity index (χ0n) is 8.34. The second-order valence-corrected chi connectivity index (χ2v) is 3.09. The van der Waals surface area contributed by atoms with Gasteiger partial charge < -0.3 is 5.32 Å². The van der Waals surface area contributed by atoms with Crippen LogP contribution in [-0.4, -0.2) is 16.6 Å². The van der Waals surface area contributed by atoms with Gasteiger partial charge in [0.15, 0.2) is 11.6 Å². The summed E-state index contributed by atoms with van der Waals surface area (Å²) < 4.78 is 40.6.